The number of methoxy groups -OCH3 is 1. The summed E-state index contributed by atoms with van der Waals surface area (Å²) in [6.45, 7) is 2.03. The molecule has 27 heavy (non-hydrogen) atoms. The summed E-state index contributed by atoms with van der Waals surface area (Å²) in [5.74, 6) is -0.991. The fourth-order valence-electron chi connectivity index (χ4n) is 3.16. The zero-order valence-corrected chi connectivity index (χ0v) is 15.4. The van der Waals surface area contributed by atoms with Gasteiger partial charge in [0, 0.05) is 42.9 Å². The van der Waals surface area contributed by atoms with Crippen LogP contribution in [0.5, 0.6) is 0 Å². The monoisotopic (exact) mass is 367 g/mol. The Morgan fingerprint density at radius 1 is 1.19 bits per heavy atom. The summed E-state index contributed by atoms with van der Waals surface area (Å²) in [7, 11) is 3.12. The number of anilines is 1. The number of benzene rings is 2. The maximum Gasteiger partial charge on any atom is 0.336 e. The second kappa shape index (κ2) is 7.63. The first-order valence-electron chi connectivity index (χ1n) is 8.51. The van der Waals surface area contributed by atoms with Gasteiger partial charge in [-0.2, -0.15) is 0 Å². The molecule has 0 fully saturated rings. The number of fused-ring (bicyclic) bond motifs is 1. The number of aliphatic carboxylic acids is 1. The Kier molecular flexibility index (Phi) is 5.28. The second-order valence-corrected chi connectivity index (χ2v) is 6.39. The lowest BCUT2D eigenvalue weighted by Crippen LogP contribution is -2.41. The van der Waals surface area contributed by atoms with Crippen molar-refractivity contribution >= 4 is 22.6 Å². The zero-order chi connectivity index (χ0) is 19.6. The molecule has 3 rings (SSSR count). The number of rotatable bonds is 6. The van der Waals surface area contributed by atoms with Crippen molar-refractivity contribution in [1.29, 1.82) is 0 Å². The molecule has 0 saturated carbocycles. The van der Waals surface area contributed by atoms with Crippen molar-refractivity contribution in [1.82, 2.24) is 0 Å². The Bertz CT molecular complexity index is 1040. The first kappa shape index (κ1) is 18.7. The van der Waals surface area contributed by atoms with E-state index in [0.29, 0.717) is 11.3 Å². The summed E-state index contributed by atoms with van der Waals surface area (Å²) >= 11 is 0. The van der Waals surface area contributed by atoms with E-state index < -0.39 is 17.6 Å². The topological polar surface area (TPSA) is 80.0 Å². The van der Waals surface area contributed by atoms with Crippen LogP contribution in [0, 0.1) is 6.92 Å². The van der Waals surface area contributed by atoms with Crippen LogP contribution in [-0.4, -0.2) is 37.9 Å². The molecule has 3 aromatic rings. The van der Waals surface area contributed by atoms with Gasteiger partial charge in [-0.25, -0.2) is 9.59 Å². The molecule has 0 amide bonds. The number of ether oxygens (including phenoxy) is 1. The number of nitrogens with zero attached hydrogens (tertiary/aromatic N) is 1. The minimum atomic E-state index is -0.991. The first-order chi connectivity index (χ1) is 12.9. The van der Waals surface area contributed by atoms with Gasteiger partial charge in [0.25, 0.3) is 0 Å². The van der Waals surface area contributed by atoms with Gasteiger partial charge in [0.15, 0.2) is 6.04 Å². The first-order valence-corrected chi connectivity index (χ1v) is 8.51. The van der Waals surface area contributed by atoms with Crippen molar-refractivity contribution in [3.05, 3.63) is 64.5 Å². The van der Waals surface area contributed by atoms with Gasteiger partial charge in [0.05, 0.1) is 6.61 Å². The molecule has 1 heterocycles. The predicted molar refractivity (Wildman–Crippen MR) is 104 cm³/mol. The van der Waals surface area contributed by atoms with Gasteiger partial charge in [-0.3, -0.25) is 0 Å². The van der Waals surface area contributed by atoms with E-state index in [0.717, 1.165) is 22.1 Å². The van der Waals surface area contributed by atoms with Crippen molar-refractivity contribution in [3.63, 3.8) is 0 Å². The number of carboxylic acids is 1. The SMILES string of the molecule is COCC(C(=O)O)N(C)c1ccc2c(-c3ccccc3C)cc(=O)oc2c1. The van der Waals surface area contributed by atoms with Crippen LogP contribution >= 0.6 is 0 Å². The van der Waals surface area contributed by atoms with Crippen molar-refractivity contribution in [2.45, 2.75) is 13.0 Å². The van der Waals surface area contributed by atoms with Crippen LogP contribution in [0.2, 0.25) is 0 Å². The summed E-state index contributed by atoms with van der Waals surface area (Å²) in [5.41, 5.74) is 3.38. The molecule has 0 aliphatic heterocycles. The molecule has 2 aromatic carbocycles. The van der Waals surface area contributed by atoms with Gasteiger partial charge in [0.2, 0.25) is 0 Å². The average molecular weight is 367 g/mol. The lowest BCUT2D eigenvalue weighted by molar-refractivity contribution is -0.139. The molecule has 140 valence electrons. The molecule has 0 aliphatic rings. The molecule has 1 N–H and O–H groups in total. The molecule has 0 bridgehead atoms. The van der Waals surface area contributed by atoms with Crippen molar-refractivity contribution in [2.24, 2.45) is 0 Å². The van der Waals surface area contributed by atoms with E-state index in [-0.39, 0.29) is 6.61 Å². The highest BCUT2D eigenvalue weighted by molar-refractivity contribution is 5.95. The summed E-state index contributed by atoms with van der Waals surface area (Å²) in [4.78, 5) is 25.2. The van der Waals surface area contributed by atoms with Crippen LogP contribution in [0.3, 0.4) is 0 Å². The lowest BCUT2D eigenvalue weighted by atomic mass is 9.98. The van der Waals surface area contributed by atoms with Gasteiger partial charge in [-0.05, 0) is 30.2 Å². The molecule has 1 atom stereocenters. The quantitative estimate of drug-likeness (QED) is 0.674. The highest BCUT2D eigenvalue weighted by Crippen LogP contribution is 2.31. The smallest absolute Gasteiger partial charge is 0.336 e. The van der Waals surface area contributed by atoms with Gasteiger partial charge < -0.3 is 19.2 Å². The number of hydrogen-bond donors (Lipinski definition) is 1. The molecule has 1 aromatic heterocycles. The molecular weight excluding hydrogens is 346 g/mol. The largest absolute Gasteiger partial charge is 0.480 e. The Labute approximate surface area is 156 Å². The van der Waals surface area contributed by atoms with Gasteiger partial charge in [0.1, 0.15) is 5.58 Å². The molecule has 1 unspecified atom stereocenters. The van der Waals surface area contributed by atoms with E-state index >= 15 is 0 Å². The molecule has 0 radical (unpaired) electrons. The molecule has 6 nitrogen and oxygen atoms in total. The van der Waals surface area contributed by atoms with Crippen LogP contribution in [0.15, 0.2) is 57.7 Å². The van der Waals surface area contributed by atoms with Crippen molar-refractivity contribution < 1.29 is 19.1 Å². The predicted octanol–water partition coefficient (Wildman–Crippen LogP) is 3.30. The number of carbonyl (C=O) groups is 1. The van der Waals surface area contributed by atoms with Crippen LogP contribution in [-0.2, 0) is 9.53 Å². The van der Waals surface area contributed by atoms with Crippen molar-refractivity contribution in [2.75, 3.05) is 25.7 Å². The Morgan fingerprint density at radius 3 is 2.59 bits per heavy atom. The molecule has 6 heteroatoms. The fourth-order valence-corrected chi connectivity index (χ4v) is 3.16. The molecule has 0 aliphatic carbocycles. The maximum atomic E-state index is 12.1. The van der Waals surface area contributed by atoms with E-state index in [2.05, 4.69) is 0 Å². The number of aryl methyl sites for hydroxylation is 1. The summed E-state index contributed by atoms with van der Waals surface area (Å²) in [6.07, 6.45) is 0. The normalized spacial score (nSPS) is 12.1. The zero-order valence-electron chi connectivity index (χ0n) is 15.4. The molecule has 0 saturated heterocycles. The third-order valence-corrected chi connectivity index (χ3v) is 4.65. The highest BCUT2D eigenvalue weighted by Gasteiger charge is 2.23. The van der Waals surface area contributed by atoms with Gasteiger partial charge >= 0.3 is 11.6 Å². The summed E-state index contributed by atoms with van der Waals surface area (Å²) in [5, 5.41) is 10.2. The summed E-state index contributed by atoms with van der Waals surface area (Å²) in [6, 6.07) is 13.8. The molecular formula is C21H21NO5. The van der Waals surface area contributed by atoms with Crippen LogP contribution in [0.25, 0.3) is 22.1 Å². The standard InChI is InChI=1S/C21H21NO5/c1-13-6-4-5-7-15(13)17-11-20(23)27-19-10-14(8-9-16(17)19)22(2)18(12-26-3)21(24)25/h4-11,18H,12H2,1-3H3,(H,24,25). The van der Waals surface area contributed by atoms with E-state index in [4.69, 9.17) is 9.15 Å². The van der Waals surface area contributed by atoms with Gasteiger partial charge in [-0.15, -0.1) is 0 Å². The highest BCUT2D eigenvalue weighted by atomic mass is 16.5. The van der Waals surface area contributed by atoms with Crippen molar-refractivity contribution in [3.8, 4) is 11.1 Å². The van der Waals surface area contributed by atoms with E-state index in [1.165, 1.54) is 13.2 Å². The summed E-state index contributed by atoms with van der Waals surface area (Å²) < 4.78 is 10.4. The van der Waals surface area contributed by atoms with E-state index in [1.807, 2.05) is 43.3 Å². The van der Waals surface area contributed by atoms with Crippen LogP contribution in [0.4, 0.5) is 5.69 Å². The van der Waals surface area contributed by atoms with E-state index in [1.54, 1.807) is 18.0 Å². The average Bonchev–Trinajstić information content (AvgIpc) is 2.64. The third-order valence-electron chi connectivity index (χ3n) is 4.65. The number of likely N-dealkylation sites (N-methyl/N-ethyl adjacent to an activating group) is 1. The second-order valence-electron chi connectivity index (χ2n) is 6.39. The Hall–Kier alpha value is -3.12. The Balaban J connectivity index is 2.13. The van der Waals surface area contributed by atoms with Gasteiger partial charge in [-0.1, -0.05) is 24.3 Å². The minimum absolute atomic E-state index is 0.0388. The number of carboxylic acid groups (broad SMARTS) is 1. The fraction of sp³-hybridized carbons (Fsp3) is 0.238. The minimum Gasteiger partial charge on any atom is -0.480 e. The lowest BCUT2D eigenvalue weighted by Gasteiger charge is -2.26. The van der Waals surface area contributed by atoms with Crippen LogP contribution < -0.4 is 10.5 Å². The van der Waals surface area contributed by atoms with E-state index in [9.17, 15) is 14.7 Å². The Morgan fingerprint density at radius 2 is 1.93 bits per heavy atom. The number of hydrogen-bond acceptors (Lipinski definition) is 5. The maximum absolute atomic E-state index is 12.1. The molecule has 0 spiro atoms. The van der Waals surface area contributed by atoms with Crippen LogP contribution in [0.1, 0.15) is 5.56 Å². The third kappa shape index (κ3) is 3.71.